The van der Waals surface area contributed by atoms with Crippen molar-refractivity contribution in [1.29, 1.82) is 0 Å². The van der Waals surface area contributed by atoms with Gasteiger partial charge >= 0.3 is 6.03 Å². The van der Waals surface area contributed by atoms with Gasteiger partial charge in [0.2, 0.25) is 5.91 Å². The summed E-state index contributed by atoms with van der Waals surface area (Å²) in [4.78, 5) is 24.1. The normalized spacial score (nSPS) is 21.4. The predicted octanol–water partition coefficient (Wildman–Crippen LogP) is -3.08. The lowest BCUT2D eigenvalue weighted by atomic mass is 10.1. The molecule has 7 heteroatoms. The van der Waals surface area contributed by atoms with Crippen molar-refractivity contribution >= 4 is 17.8 Å². The van der Waals surface area contributed by atoms with E-state index in [0.717, 1.165) is 0 Å². The van der Waals surface area contributed by atoms with Gasteiger partial charge in [0.05, 0.1) is 6.61 Å². The average Bonchev–Trinajstić information content (AvgIpc) is 2.16. The SMILES string of the molecule is COCCN1C[C@@H](C(N)=[NH2+])C(=O)NC1=O. The highest BCUT2D eigenvalue weighted by Crippen LogP contribution is 2.06. The first-order valence-electron chi connectivity index (χ1n) is 4.52. The second-order valence-electron chi connectivity index (χ2n) is 3.29. The van der Waals surface area contributed by atoms with E-state index in [1.807, 2.05) is 0 Å². The van der Waals surface area contributed by atoms with Crippen LogP contribution in [-0.2, 0) is 9.53 Å². The molecule has 0 spiro atoms. The molecule has 0 aliphatic carbocycles. The molecule has 1 rings (SSSR count). The van der Waals surface area contributed by atoms with E-state index in [2.05, 4.69) is 5.32 Å². The molecule has 84 valence electrons. The maximum absolute atomic E-state index is 11.3. The number of nitrogens with two attached hydrogens (primary N) is 2. The first kappa shape index (κ1) is 11.4. The molecule has 1 heterocycles. The Kier molecular flexibility index (Phi) is 3.62. The molecule has 0 aromatic heterocycles. The Balaban J connectivity index is 2.62. The molecule has 0 unspecified atom stereocenters. The maximum Gasteiger partial charge on any atom is 0.324 e. The Labute approximate surface area is 87.1 Å². The molecule has 0 aromatic carbocycles. The molecule has 0 aromatic rings. The van der Waals surface area contributed by atoms with Crippen molar-refractivity contribution in [2.24, 2.45) is 11.7 Å². The number of urea groups is 1. The van der Waals surface area contributed by atoms with Gasteiger partial charge in [0.1, 0.15) is 0 Å². The highest BCUT2D eigenvalue weighted by atomic mass is 16.5. The fourth-order valence-corrected chi connectivity index (χ4v) is 1.31. The Morgan fingerprint density at radius 1 is 1.73 bits per heavy atom. The first-order valence-corrected chi connectivity index (χ1v) is 4.52. The summed E-state index contributed by atoms with van der Waals surface area (Å²) in [6, 6.07) is -0.436. The van der Waals surface area contributed by atoms with E-state index in [9.17, 15) is 9.59 Å². The van der Waals surface area contributed by atoms with E-state index >= 15 is 0 Å². The van der Waals surface area contributed by atoms with E-state index < -0.39 is 17.9 Å². The molecule has 15 heavy (non-hydrogen) atoms. The maximum atomic E-state index is 11.3. The quantitative estimate of drug-likeness (QED) is 0.341. The lowest BCUT2D eigenvalue weighted by molar-refractivity contribution is -0.134. The second kappa shape index (κ2) is 4.74. The number of imide groups is 1. The van der Waals surface area contributed by atoms with Crippen molar-refractivity contribution < 1.29 is 19.7 Å². The predicted molar refractivity (Wildman–Crippen MR) is 51.6 cm³/mol. The van der Waals surface area contributed by atoms with Gasteiger partial charge in [-0.15, -0.1) is 0 Å². The van der Waals surface area contributed by atoms with E-state index in [1.54, 1.807) is 0 Å². The Bertz CT molecular complexity index is 292. The van der Waals surface area contributed by atoms with Crippen molar-refractivity contribution in [3.8, 4) is 0 Å². The smallest absolute Gasteiger partial charge is 0.324 e. The summed E-state index contributed by atoms with van der Waals surface area (Å²) >= 11 is 0. The molecule has 1 fully saturated rings. The number of carbonyl (C=O) groups is 2. The molecular weight excluding hydrogens is 200 g/mol. The lowest BCUT2D eigenvalue weighted by Gasteiger charge is -2.29. The van der Waals surface area contributed by atoms with Crippen LogP contribution in [0.1, 0.15) is 0 Å². The zero-order chi connectivity index (χ0) is 11.4. The van der Waals surface area contributed by atoms with Crippen molar-refractivity contribution in [2.75, 3.05) is 26.8 Å². The van der Waals surface area contributed by atoms with Crippen LogP contribution in [0.2, 0.25) is 0 Å². The molecule has 0 radical (unpaired) electrons. The molecule has 3 amide bonds. The van der Waals surface area contributed by atoms with Crippen LogP contribution in [0.4, 0.5) is 4.79 Å². The minimum atomic E-state index is -0.639. The summed E-state index contributed by atoms with van der Waals surface area (Å²) in [7, 11) is 1.54. The summed E-state index contributed by atoms with van der Waals surface area (Å²) in [6.45, 7) is 1.01. The van der Waals surface area contributed by atoms with Crippen LogP contribution in [0, 0.1) is 5.92 Å². The summed E-state index contributed by atoms with van der Waals surface area (Å²) in [5.74, 6) is -1.07. The largest absolute Gasteiger partial charge is 0.383 e. The third-order valence-electron chi connectivity index (χ3n) is 2.20. The minimum absolute atomic E-state index is 0.0161. The first-order chi connectivity index (χ1) is 7.06. The number of ether oxygens (including phenoxy) is 1. The number of hydrogen-bond acceptors (Lipinski definition) is 3. The van der Waals surface area contributed by atoms with Gasteiger partial charge in [-0.25, -0.2) is 4.79 Å². The fraction of sp³-hybridized carbons (Fsp3) is 0.625. The fourth-order valence-electron chi connectivity index (χ4n) is 1.31. The molecular formula is C8H15N4O3+. The van der Waals surface area contributed by atoms with E-state index in [-0.39, 0.29) is 12.4 Å². The van der Waals surface area contributed by atoms with Crippen LogP contribution in [-0.4, -0.2) is 49.5 Å². The minimum Gasteiger partial charge on any atom is -0.383 e. The standard InChI is InChI=1S/C8H14N4O3/c1-15-3-2-12-4-5(6(9)10)7(13)11-8(12)14/h5H,2-4H2,1H3,(H3,9,10)(H,11,13,14)/p+1/t5-/m0/s1. The zero-order valence-corrected chi connectivity index (χ0v) is 8.53. The van der Waals surface area contributed by atoms with E-state index in [0.29, 0.717) is 13.2 Å². The van der Waals surface area contributed by atoms with Crippen molar-refractivity contribution in [3.63, 3.8) is 0 Å². The van der Waals surface area contributed by atoms with Gasteiger partial charge < -0.3 is 9.64 Å². The molecule has 0 bridgehead atoms. The van der Waals surface area contributed by atoms with Gasteiger partial charge in [-0.05, 0) is 0 Å². The van der Waals surface area contributed by atoms with Crippen LogP contribution < -0.4 is 16.5 Å². The second-order valence-corrected chi connectivity index (χ2v) is 3.29. The van der Waals surface area contributed by atoms with Gasteiger partial charge in [-0.1, -0.05) is 0 Å². The molecule has 1 atom stereocenters. The highest BCUT2D eigenvalue weighted by Gasteiger charge is 2.36. The van der Waals surface area contributed by atoms with Crippen LogP contribution in [0.15, 0.2) is 0 Å². The number of hydrogen-bond donors (Lipinski definition) is 3. The van der Waals surface area contributed by atoms with E-state index in [4.69, 9.17) is 15.9 Å². The number of methoxy groups -OCH3 is 1. The van der Waals surface area contributed by atoms with Crippen molar-refractivity contribution in [1.82, 2.24) is 10.2 Å². The molecule has 1 saturated heterocycles. The number of amidine groups is 1. The molecule has 1 aliphatic heterocycles. The monoisotopic (exact) mass is 215 g/mol. The zero-order valence-electron chi connectivity index (χ0n) is 8.53. The molecule has 7 nitrogen and oxygen atoms in total. The third kappa shape index (κ3) is 2.66. The van der Waals surface area contributed by atoms with Gasteiger partial charge in [0, 0.05) is 20.2 Å². The summed E-state index contributed by atoms with van der Waals surface area (Å²) in [6.07, 6.45) is 0. The van der Waals surface area contributed by atoms with Crippen LogP contribution >= 0.6 is 0 Å². The van der Waals surface area contributed by atoms with Gasteiger partial charge in [-0.3, -0.25) is 21.3 Å². The van der Waals surface area contributed by atoms with Crippen molar-refractivity contribution in [2.45, 2.75) is 0 Å². The third-order valence-corrected chi connectivity index (χ3v) is 2.20. The van der Waals surface area contributed by atoms with Gasteiger partial charge in [0.15, 0.2) is 5.92 Å². The highest BCUT2D eigenvalue weighted by molar-refractivity contribution is 6.08. The number of amides is 3. The summed E-state index contributed by atoms with van der Waals surface area (Å²) in [5.41, 5.74) is 5.36. The average molecular weight is 215 g/mol. The lowest BCUT2D eigenvalue weighted by Crippen LogP contribution is -2.63. The molecule has 1 aliphatic rings. The van der Waals surface area contributed by atoms with Gasteiger partial charge in [0.25, 0.3) is 5.84 Å². The Morgan fingerprint density at radius 2 is 2.40 bits per heavy atom. The number of rotatable bonds is 4. The molecule has 0 saturated carbocycles. The van der Waals surface area contributed by atoms with E-state index in [1.165, 1.54) is 12.0 Å². The number of nitrogens with one attached hydrogen (secondary N) is 1. The van der Waals surface area contributed by atoms with Crippen LogP contribution in [0.5, 0.6) is 0 Å². The number of nitrogens with zero attached hydrogens (tertiary/aromatic N) is 1. The topological polar surface area (TPSA) is 110 Å². The van der Waals surface area contributed by atoms with Crippen molar-refractivity contribution in [3.05, 3.63) is 0 Å². The Hall–Kier alpha value is -1.63. The van der Waals surface area contributed by atoms with Crippen LogP contribution in [0.25, 0.3) is 0 Å². The summed E-state index contributed by atoms with van der Waals surface area (Å²) < 4.78 is 4.84. The van der Waals surface area contributed by atoms with Gasteiger partial charge in [-0.2, -0.15) is 0 Å². The number of carbonyl (C=O) groups excluding carboxylic acids is 2. The molecule has 5 N–H and O–H groups in total. The Morgan fingerprint density at radius 3 is 2.93 bits per heavy atom. The summed E-state index contributed by atoms with van der Waals surface area (Å²) in [5, 5.41) is 7.54. The van der Waals surface area contributed by atoms with Crippen LogP contribution in [0.3, 0.4) is 0 Å².